The Balaban J connectivity index is 1.90. The maximum Gasteiger partial charge on any atom is 0.0230 e. The maximum absolute atomic E-state index is 3.55. The average molecular weight is 288 g/mol. The highest BCUT2D eigenvalue weighted by atomic mass is 15.1. The summed E-state index contributed by atoms with van der Waals surface area (Å²) in [5, 5.41) is 3.55. The van der Waals surface area contributed by atoms with E-state index in [2.05, 4.69) is 62.4 Å². The van der Waals surface area contributed by atoms with Gasteiger partial charge in [-0.15, -0.1) is 0 Å². The molecule has 1 saturated carbocycles. The number of hydrogen-bond donors (Lipinski definition) is 1. The number of aryl methyl sites for hydroxylation is 1. The van der Waals surface area contributed by atoms with E-state index in [-0.39, 0.29) is 0 Å². The highest BCUT2D eigenvalue weighted by Gasteiger charge is 2.29. The summed E-state index contributed by atoms with van der Waals surface area (Å²) in [5.41, 5.74) is 2.77. The van der Waals surface area contributed by atoms with Gasteiger partial charge in [-0.05, 0) is 57.7 Å². The van der Waals surface area contributed by atoms with Gasteiger partial charge in [0.05, 0.1) is 0 Å². The van der Waals surface area contributed by atoms with Gasteiger partial charge in [0.2, 0.25) is 0 Å². The summed E-state index contributed by atoms with van der Waals surface area (Å²) in [4.78, 5) is 2.50. The first-order valence-corrected chi connectivity index (χ1v) is 8.53. The molecule has 0 heterocycles. The summed E-state index contributed by atoms with van der Waals surface area (Å²) in [7, 11) is 4.39. The van der Waals surface area contributed by atoms with Crippen LogP contribution in [0.25, 0.3) is 0 Å². The van der Waals surface area contributed by atoms with E-state index in [0.717, 1.165) is 18.4 Å². The van der Waals surface area contributed by atoms with Gasteiger partial charge in [-0.25, -0.2) is 0 Å². The number of nitrogens with one attached hydrogen (secondary N) is 1. The fourth-order valence-electron chi connectivity index (χ4n) is 3.78. The minimum Gasteiger partial charge on any atom is -0.317 e. The molecule has 3 atom stereocenters. The van der Waals surface area contributed by atoms with Gasteiger partial charge in [0, 0.05) is 19.1 Å². The van der Waals surface area contributed by atoms with E-state index < -0.39 is 0 Å². The van der Waals surface area contributed by atoms with Crippen LogP contribution in [0.5, 0.6) is 0 Å². The SMILES string of the molecule is CCC1CCC(NC)C(CN(C)Cc2ccc(C)cc2)C1. The second-order valence-electron chi connectivity index (χ2n) is 6.92. The zero-order valence-electron chi connectivity index (χ0n) is 14.2. The third-order valence-electron chi connectivity index (χ3n) is 5.16. The smallest absolute Gasteiger partial charge is 0.0230 e. The zero-order chi connectivity index (χ0) is 15.2. The van der Waals surface area contributed by atoms with Crippen molar-refractivity contribution in [2.75, 3.05) is 20.6 Å². The van der Waals surface area contributed by atoms with Crippen molar-refractivity contribution in [3.63, 3.8) is 0 Å². The molecule has 0 amide bonds. The van der Waals surface area contributed by atoms with E-state index in [0.29, 0.717) is 6.04 Å². The Labute approximate surface area is 130 Å². The summed E-state index contributed by atoms with van der Waals surface area (Å²) < 4.78 is 0. The topological polar surface area (TPSA) is 15.3 Å². The molecule has 2 nitrogen and oxygen atoms in total. The van der Waals surface area contributed by atoms with Crippen molar-refractivity contribution in [3.8, 4) is 0 Å². The second-order valence-corrected chi connectivity index (χ2v) is 6.92. The van der Waals surface area contributed by atoms with Crippen LogP contribution in [0.2, 0.25) is 0 Å². The molecule has 1 aliphatic carbocycles. The van der Waals surface area contributed by atoms with Crippen LogP contribution in [0.1, 0.15) is 43.7 Å². The zero-order valence-corrected chi connectivity index (χ0v) is 14.2. The molecule has 0 bridgehead atoms. The lowest BCUT2D eigenvalue weighted by Gasteiger charge is -2.38. The minimum absolute atomic E-state index is 0.702. The lowest BCUT2D eigenvalue weighted by molar-refractivity contribution is 0.153. The Hall–Kier alpha value is -0.860. The summed E-state index contributed by atoms with van der Waals surface area (Å²) in [6.07, 6.45) is 5.48. The first kappa shape index (κ1) is 16.5. The van der Waals surface area contributed by atoms with Gasteiger partial charge < -0.3 is 10.2 Å². The van der Waals surface area contributed by atoms with Crippen molar-refractivity contribution in [2.45, 2.75) is 52.1 Å². The van der Waals surface area contributed by atoms with Crippen LogP contribution >= 0.6 is 0 Å². The molecule has 1 aromatic rings. The molecule has 2 rings (SSSR count). The normalized spacial score (nSPS) is 26.2. The minimum atomic E-state index is 0.702. The Kier molecular flexibility index (Phi) is 6.25. The van der Waals surface area contributed by atoms with Crippen LogP contribution in [0.15, 0.2) is 24.3 Å². The molecule has 1 N–H and O–H groups in total. The molecule has 1 fully saturated rings. The van der Waals surface area contributed by atoms with Crippen molar-refractivity contribution in [2.24, 2.45) is 11.8 Å². The molecule has 118 valence electrons. The molecule has 0 aromatic heterocycles. The highest BCUT2D eigenvalue weighted by molar-refractivity contribution is 5.21. The van der Waals surface area contributed by atoms with Gasteiger partial charge in [-0.1, -0.05) is 43.2 Å². The Morgan fingerprint density at radius 3 is 2.52 bits per heavy atom. The summed E-state index contributed by atoms with van der Waals surface area (Å²) >= 11 is 0. The van der Waals surface area contributed by atoms with Crippen LogP contribution in [0.3, 0.4) is 0 Å². The number of rotatable bonds is 6. The van der Waals surface area contributed by atoms with Crippen LogP contribution in [-0.2, 0) is 6.54 Å². The first-order chi connectivity index (χ1) is 10.1. The lowest BCUT2D eigenvalue weighted by Crippen LogP contribution is -2.43. The molecule has 21 heavy (non-hydrogen) atoms. The molecular weight excluding hydrogens is 256 g/mol. The molecule has 0 radical (unpaired) electrons. The molecule has 1 aliphatic rings. The maximum atomic E-state index is 3.55. The van der Waals surface area contributed by atoms with Gasteiger partial charge in [-0.2, -0.15) is 0 Å². The predicted molar refractivity (Wildman–Crippen MR) is 91.5 cm³/mol. The van der Waals surface area contributed by atoms with Gasteiger partial charge in [0.1, 0.15) is 0 Å². The van der Waals surface area contributed by atoms with Crippen molar-refractivity contribution in [1.29, 1.82) is 0 Å². The van der Waals surface area contributed by atoms with E-state index in [1.807, 2.05) is 0 Å². The number of nitrogens with zero attached hydrogens (tertiary/aromatic N) is 1. The van der Waals surface area contributed by atoms with Crippen molar-refractivity contribution in [3.05, 3.63) is 35.4 Å². The molecule has 1 aromatic carbocycles. The Morgan fingerprint density at radius 1 is 1.19 bits per heavy atom. The van der Waals surface area contributed by atoms with E-state index in [1.165, 1.54) is 43.4 Å². The third-order valence-corrected chi connectivity index (χ3v) is 5.16. The standard InChI is InChI=1S/C19H32N2/c1-5-16-10-11-19(20-3)18(12-16)14-21(4)13-17-8-6-15(2)7-9-17/h6-9,16,18-20H,5,10-14H2,1-4H3. The van der Waals surface area contributed by atoms with Crippen molar-refractivity contribution < 1.29 is 0 Å². The highest BCUT2D eigenvalue weighted by Crippen LogP contribution is 2.31. The molecule has 3 unspecified atom stereocenters. The Morgan fingerprint density at radius 2 is 1.90 bits per heavy atom. The second kappa shape index (κ2) is 7.95. The quantitative estimate of drug-likeness (QED) is 0.855. The van der Waals surface area contributed by atoms with Gasteiger partial charge in [0.15, 0.2) is 0 Å². The molecule has 0 aliphatic heterocycles. The van der Waals surface area contributed by atoms with E-state index >= 15 is 0 Å². The van der Waals surface area contributed by atoms with Crippen LogP contribution in [-0.4, -0.2) is 31.6 Å². The summed E-state index contributed by atoms with van der Waals surface area (Å²) in [6.45, 7) is 6.76. The summed E-state index contributed by atoms with van der Waals surface area (Å²) in [5.74, 6) is 1.73. The first-order valence-electron chi connectivity index (χ1n) is 8.53. The lowest BCUT2D eigenvalue weighted by atomic mass is 9.76. The van der Waals surface area contributed by atoms with E-state index in [1.54, 1.807) is 0 Å². The van der Waals surface area contributed by atoms with Gasteiger partial charge in [-0.3, -0.25) is 0 Å². The van der Waals surface area contributed by atoms with Crippen LogP contribution in [0.4, 0.5) is 0 Å². The average Bonchev–Trinajstić information content (AvgIpc) is 2.49. The molecule has 0 spiro atoms. The van der Waals surface area contributed by atoms with Crippen molar-refractivity contribution in [1.82, 2.24) is 10.2 Å². The fourth-order valence-corrected chi connectivity index (χ4v) is 3.78. The number of hydrogen-bond acceptors (Lipinski definition) is 2. The Bertz CT molecular complexity index is 412. The van der Waals surface area contributed by atoms with E-state index in [4.69, 9.17) is 0 Å². The molecular formula is C19H32N2. The summed E-state index contributed by atoms with van der Waals surface area (Å²) in [6, 6.07) is 9.66. The predicted octanol–water partition coefficient (Wildman–Crippen LogP) is 3.84. The largest absolute Gasteiger partial charge is 0.317 e. The van der Waals surface area contributed by atoms with Crippen LogP contribution < -0.4 is 5.32 Å². The third kappa shape index (κ3) is 4.82. The van der Waals surface area contributed by atoms with E-state index in [9.17, 15) is 0 Å². The van der Waals surface area contributed by atoms with Gasteiger partial charge in [0.25, 0.3) is 0 Å². The number of benzene rings is 1. The fraction of sp³-hybridized carbons (Fsp3) is 0.684. The van der Waals surface area contributed by atoms with Crippen LogP contribution in [0, 0.1) is 18.8 Å². The van der Waals surface area contributed by atoms with Crippen molar-refractivity contribution >= 4 is 0 Å². The molecule has 2 heteroatoms. The molecule has 0 saturated heterocycles. The monoisotopic (exact) mass is 288 g/mol. The van der Waals surface area contributed by atoms with Gasteiger partial charge >= 0.3 is 0 Å².